The fourth-order valence-corrected chi connectivity index (χ4v) is 2.09. The quantitative estimate of drug-likeness (QED) is 0.763. The Balaban J connectivity index is 2.15. The minimum Gasteiger partial charge on any atom is -0.381 e. The van der Waals surface area contributed by atoms with Gasteiger partial charge in [-0.25, -0.2) is 0 Å². The summed E-state index contributed by atoms with van der Waals surface area (Å²) in [6.45, 7) is 6.81. The molecule has 1 heteroatoms. The number of para-hydroxylation sites is 1. The maximum atomic E-state index is 3.82. The van der Waals surface area contributed by atoms with Crippen LogP contribution in [-0.2, 0) is 13.0 Å². The molecule has 18 heavy (non-hydrogen) atoms. The van der Waals surface area contributed by atoms with Crippen molar-refractivity contribution in [3.8, 4) is 0 Å². The smallest absolute Gasteiger partial charge is 0.0408 e. The molecule has 0 fully saturated rings. The SMILES string of the molecule is C=CCc1cccc(C)c1NCc1ccccc1. The van der Waals surface area contributed by atoms with Crippen LogP contribution >= 0.6 is 0 Å². The molecule has 0 radical (unpaired) electrons. The molecular formula is C17H19N. The van der Waals surface area contributed by atoms with Gasteiger partial charge >= 0.3 is 0 Å². The molecule has 1 nitrogen and oxygen atoms in total. The van der Waals surface area contributed by atoms with Gasteiger partial charge in [0.1, 0.15) is 0 Å². The topological polar surface area (TPSA) is 12.0 Å². The number of rotatable bonds is 5. The number of hydrogen-bond acceptors (Lipinski definition) is 1. The Morgan fingerprint density at radius 3 is 2.56 bits per heavy atom. The first-order valence-electron chi connectivity index (χ1n) is 6.28. The summed E-state index contributed by atoms with van der Waals surface area (Å²) in [5, 5.41) is 3.53. The summed E-state index contributed by atoms with van der Waals surface area (Å²) in [4.78, 5) is 0. The normalized spacial score (nSPS) is 10.1. The molecule has 0 saturated heterocycles. The molecule has 0 amide bonds. The van der Waals surface area contributed by atoms with E-state index in [0.29, 0.717) is 0 Å². The summed E-state index contributed by atoms with van der Waals surface area (Å²) in [6, 6.07) is 16.8. The molecule has 2 aromatic carbocycles. The van der Waals surface area contributed by atoms with Crippen LogP contribution in [0.15, 0.2) is 61.2 Å². The van der Waals surface area contributed by atoms with Gasteiger partial charge in [-0.15, -0.1) is 6.58 Å². The first kappa shape index (κ1) is 12.4. The van der Waals surface area contributed by atoms with Gasteiger partial charge in [0.25, 0.3) is 0 Å². The standard InChI is InChI=1S/C17H19N/c1-3-8-16-12-7-9-14(2)17(16)18-13-15-10-5-4-6-11-15/h3-7,9-12,18H,1,8,13H2,2H3. The second kappa shape index (κ2) is 6.06. The van der Waals surface area contributed by atoms with E-state index >= 15 is 0 Å². The lowest BCUT2D eigenvalue weighted by Gasteiger charge is -2.14. The number of benzene rings is 2. The molecule has 0 aromatic heterocycles. The van der Waals surface area contributed by atoms with Gasteiger partial charge in [0, 0.05) is 12.2 Å². The van der Waals surface area contributed by atoms with Crippen LogP contribution in [0, 0.1) is 6.92 Å². The fraction of sp³-hybridized carbons (Fsp3) is 0.176. The van der Waals surface area contributed by atoms with Crippen molar-refractivity contribution in [2.45, 2.75) is 19.9 Å². The van der Waals surface area contributed by atoms with Crippen molar-refractivity contribution < 1.29 is 0 Å². The van der Waals surface area contributed by atoms with Crippen LogP contribution in [0.2, 0.25) is 0 Å². The fourth-order valence-electron chi connectivity index (χ4n) is 2.09. The van der Waals surface area contributed by atoms with Gasteiger partial charge in [-0.1, -0.05) is 54.6 Å². The lowest BCUT2D eigenvalue weighted by molar-refractivity contribution is 1.11. The Labute approximate surface area is 109 Å². The maximum absolute atomic E-state index is 3.82. The Kier molecular flexibility index (Phi) is 4.19. The molecule has 2 rings (SSSR count). The molecule has 1 N–H and O–H groups in total. The predicted octanol–water partition coefficient (Wildman–Crippen LogP) is 4.34. The van der Waals surface area contributed by atoms with Crippen molar-refractivity contribution in [3.05, 3.63) is 77.9 Å². The minimum absolute atomic E-state index is 0.857. The van der Waals surface area contributed by atoms with E-state index in [1.54, 1.807) is 0 Å². The third-order valence-corrected chi connectivity index (χ3v) is 3.04. The summed E-state index contributed by atoms with van der Waals surface area (Å²) < 4.78 is 0. The number of aryl methyl sites for hydroxylation is 1. The van der Waals surface area contributed by atoms with Gasteiger partial charge in [0.05, 0.1) is 0 Å². The lowest BCUT2D eigenvalue weighted by Crippen LogP contribution is -2.04. The molecule has 0 aliphatic carbocycles. The van der Waals surface area contributed by atoms with Gasteiger partial charge in [-0.05, 0) is 30.0 Å². The van der Waals surface area contributed by atoms with E-state index in [1.165, 1.54) is 22.4 Å². The van der Waals surface area contributed by atoms with Gasteiger partial charge in [0.15, 0.2) is 0 Å². The van der Waals surface area contributed by atoms with Crippen LogP contribution < -0.4 is 5.32 Å². The Hall–Kier alpha value is -2.02. The van der Waals surface area contributed by atoms with Crippen molar-refractivity contribution in [2.24, 2.45) is 0 Å². The van der Waals surface area contributed by atoms with Crippen molar-refractivity contribution >= 4 is 5.69 Å². The molecule has 2 aromatic rings. The minimum atomic E-state index is 0.857. The average Bonchev–Trinajstić information content (AvgIpc) is 2.40. The summed E-state index contributed by atoms with van der Waals surface area (Å²) >= 11 is 0. The highest BCUT2D eigenvalue weighted by Gasteiger charge is 2.03. The number of hydrogen-bond donors (Lipinski definition) is 1. The van der Waals surface area contributed by atoms with Crippen LogP contribution in [0.3, 0.4) is 0 Å². The number of allylic oxidation sites excluding steroid dienone is 1. The number of anilines is 1. The zero-order chi connectivity index (χ0) is 12.8. The first-order valence-corrected chi connectivity index (χ1v) is 6.28. The Morgan fingerprint density at radius 1 is 1.06 bits per heavy atom. The Morgan fingerprint density at radius 2 is 1.83 bits per heavy atom. The van der Waals surface area contributed by atoms with Crippen molar-refractivity contribution in [3.63, 3.8) is 0 Å². The molecule has 0 atom stereocenters. The maximum Gasteiger partial charge on any atom is 0.0408 e. The zero-order valence-corrected chi connectivity index (χ0v) is 10.8. The van der Waals surface area contributed by atoms with Crippen LogP contribution in [0.5, 0.6) is 0 Å². The van der Waals surface area contributed by atoms with Crippen molar-refractivity contribution in [1.82, 2.24) is 0 Å². The van der Waals surface area contributed by atoms with Gasteiger partial charge in [-0.2, -0.15) is 0 Å². The van der Waals surface area contributed by atoms with E-state index in [4.69, 9.17) is 0 Å². The van der Waals surface area contributed by atoms with Crippen LogP contribution in [0.4, 0.5) is 5.69 Å². The molecule has 92 valence electrons. The van der Waals surface area contributed by atoms with E-state index in [1.807, 2.05) is 12.1 Å². The first-order chi connectivity index (χ1) is 8.81. The van der Waals surface area contributed by atoms with Crippen molar-refractivity contribution in [2.75, 3.05) is 5.32 Å². The molecular weight excluding hydrogens is 218 g/mol. The zero-order valence-electron chi connectivity index (χ0n) is 10.8. The average molecular weight is 237 g/mol. The van der Waals surface area contributed by atoms with Gasteiger partial charge in [-0.3, -0.25) is 0 Å². The van der Waals surface area contributed by atoms with E-state index in [-0.39, 0.29) is 0 Å². The largest absolute Gasteiger partial charge is 0.381 e. The molecule has 0 aliphatic heterocycles. The van der Waals surface area contributed by atoms with E-state index in [9.17, 15) is 0 Å². The molecule has 0 spiro atoms. The second-order valence-electron chi connectivity index (χ2n) is 4.44. The van der Waals surface area contributed by atoms with Crippen LogP contribution in [-0.4, -0.2) is 0 Å². The highest BCUT2D eigenvalue weighted by molar-refractivity contribution is 5.58. The molecule has 0 saturated carbocycles. The van der Waals surface area contributed by atoms with E-state index in [0.717, 1.165) is 13.0 Å². The highest BCUT2D eigenvalue weighted by atomic mass is 14.9. The molecule has 0 heterocycles. The highest BCUT2D eigenvalue weighted by Crippen LogP contribution is 2.22. The summed E-state index contributed by atoms with van der Waals surface area (Å²) in [6.07, 6.45) is 2.85. The third kappa shape index (κ3) is 3.01. The van der Waals surface area contributed by atoms with Crippen LogP contribution in [0.25, 0.3) is 0 Å². The molecule has 0 bridgehead atoms. The summed E-state index contributed by atoms with van der Waals surface area (Å²) in [7, 11) is 0. The molecule has 0 unspecified atom stereocenters. The van der Waals surface area contributed by atoms with Crippen molar-refractivity contribution in [1.29, 1.82) is 0 Å². The second-order valence-corrected chi connectivity index (χ2v) is 4.44. The predicted molar refractivity (Wildman–Crippen MR) is 78.8 cm³/mol. The van der Waals surface area contributed by atoms with E-state index < -0.39 is 0 Å². The van der Waals surface area contributed by atoms with Gasteiger partial charge < -0.3 is 5.32 Å². The monoisotopic (exact) mass is 237 g/mol. The lowest BCUT2D eigenvalue weighted by atomic mass is 10.0. The van der Waals surface area contributed by atoms with E-state index in [2.05, 4.69) is 61.3 Å². The van der Waals surface area contributed by atoms with Gasteiger partial charge in [0.2, 0.25) is 0 Å². The Bertz CT molecular complexity index is 514. The number of nitrogens with one attached hydrogen (secondary N) is 1. The van der Waals surface area contributed by atoms with Crippen LogP contribution in [0.1, 0.15) is 16.7 Å². The summed E-state index contributed by atoms with van der Waals surface area (Å²) in [5.41, 5.74) is 5.12. The molecule has 0 aliphatic rings. The summed E-state index contributed by atoms with van der Waals surface area (Å²) in [5.74, 6) is 0. The third-order valence-electron chi connectivity index (χ3n) is 3.04.